The van der Waals surface area contributed by atoms with Crippen molar-refractivity contribution in [3.05, 3.63) is 93.0 Å². The van der Waals surface area contributed by atoms with E-state index in [2.05, 4.69) is 31.8 Å². The van der Waals surface area contributed by atoms with Crippen LogP contribution >= 0.6 is 23.2 Å². The zero-order valence-corrected chi connectivity index (χ0v) is 22.5. The number of nitrogens with zero attached hydrogens (tertiary/aromatic N) is 6. The van der Waals surface area contributed by atoms with Crippen molar-refractivity contribution in [1.82, 2.24) is 34.7 Å². The highest BCUT2D eigenvalue weighted by molar-refractivity contribution is 6.31. The topological polar surface area (TPSA) is 119 Å². The first-order valence-corrected chi connectivity index (χ1v) is 13.5. The Morgan fingerprint density at radius 3 is 2.83 bits per heavy atom. The Morgan fingerprint density at radius 2 is 2.00 bits per heavy atom. The van der Waals surface area contributed by atoms with Gasteiger partial charge in [-0.1, -0.05) is 39.6 Å². The van der Waals surface area contributed by atoms with Gasteiger partial charge in [-0.05, 0) is 54.3 Å². The molecule has 0 bridgehead atoms. The number of imidazole rings is 1. The van der Waals surface area contributed by atoms with Crippen LogP contribution < -0.4 is 10.9 Å². The second kappa shape index (κ2) is 8.54. The maximum absolute atomic E-state index is 13.7. The van der Waals surface area contributed by atoms with E-state index < -0.39 is 0 Å². The largest absolute Gasteiger partial charge is 0.370 e. The molecule has 198 valence electrons. The smallest absolute Gasteiger partial charge is 0.252 e. The highest BCUT2D eigenvalue weighted by Crippen LogP contribution is 2.60. The SMILES string of the molecule is CNc1noc2cc(-c3cnc(C4C5CC5c5cc(-c6cc(Cl)ccc6-n6cc(Cl)nn6)cc(=O)n54)[nH]3)ccc12. The summed E-state index contributed by atoms with van der Waals surface area (Å²) in [5.41, 5.74) is 5.66. The van der Waals surface area contributed by atoms with Crippen LogP contribution in [0.1, 0.15) is 29.9 Å². The summed E-state index contributed by atoms with van der Waals surface area (Å²) in [6, 6.07) is 14.9. The minimum atomic E-state index is -0.159. The predicted octanol–water partition coefficient (Wildman–Crippen LogP) is 5.68. The highest BCUT2D eigenvalue weighted by atomic mass is 35.5. The van der Waals surface area contributed by atoms with Crippen LogP contribution in [0.4, 0.5) is 5.82 Å². The van der Waals surface area contributed by atoms with Gasteiger partial charge in [0.1, 0.15) is 5.82 Å². The predicted molar refractivity (Wildman–Crippen MR) is 151 cm³/mol. The number of rotatable bonds is 5. The Labute approximate surface area is 236 Å². The summed E-state index contributed by atoms with van der Waals surface area (Å²) in [5.74, 6) is 2.07. The van der Waals surface area contributed by atoms with Crippen molar-refractivity contribution in [3.8, 4) is 28.1 Å². The summed E-state index contributed by atoms with van der Waals surface area (Å²) in [4.78, 5) is 21.8. The maximum atomic E-state index is 13.7. The molecule has 6 aromatic rings. The second-order valence-corrected chi connectivity index (χ2v) is 11.0. The highest BCUT2D eigenvalue weighted by Gasteiger charge is 2.54. The first kappa shape index (κ1) is 23.5. The molecule has 0 spiro atoms. The summed E-state index contributed by atoms with van der Waals surface area (Å²) in [6.45, 7) is 0. The fourth-order valence-electron chi connectivity index (χ4n) is 5.98. The third-order valence-electron chi connectivity index (χ3n) is 7.88. The van der Waals surface area contributed by atoms with Gasteiger partial charge < -0.3 is 19.4 Å². The van der Waals surface area contributed by atoms with E-state index in [0.29, 0.717) is 28.3 Å². The van der Waals surface area contributed by atoms with Crippen LogP contribution in [-0.2, 0) is 0 Å². The number of halogens is 2. The lowest BCUT2D eigenvalue weighted by molar-refractivity contribution is 0.460. The molecule has 1 aliphatic heterocycles. The van der Waals surface area contributed by atoms with Crippen molar-refractivity contribution < 1.29 is 4.52 Å². The molecule has 40 heavy (non-hydrogen) atoms. The first-order chi connectivity index (χ1) is 19.5. The van der Waals surface area contributed by atoms with Gasteiger partial charge in [0.05, 0.1) is 35.2 Å². The molecule has 3 atom stereocenters. The zero-order valence-electron chi connectivity index (χ0n) is 21.0. The lowest BCUT2D eigenvalue weighted by atomic mass is 10.0. The first-order valence-electron chi connectivity index (χ1n) is 12.8. The molecule has 4 aromatic heterocycles. The summed E-state index contributed by atoms with van der Waals surface area (Å²) in [7, 11) is 1.81. The monoisotopic (exact) mass is 570 g/mol. The molecule has 0 amide bonds. The van der Waals surface area contributed by atoms with E-state index in [1.807, 2.05) is 48.1 Å². The minimum absolute atomic E-state index is 0.0899. The molecule has 1 saturated carbocycles. The van der Waals surface area contributed by atoms with E-state index in [-0.39, 0.29) is 16.8 Å². The molecule has 8 rings (SSSR count). The molecular formula is C28H20Cl2N8O2. The van der Waals surface area contributed by atoms with Crippen molar-refractivity contribution >= 4 is 40.0 Å². The number of nitrogens with one attached hydrogen (secondary N) is 2. The molecule has 10 nitrogen and oxygen atoms in total. The summed E-state index contributed by atoms with van der Waals surface area (Å²) < 4.78 is 8.93. The molecule has 12 heteroatoms. The second-order valence-electron chi connectivity index (χ2n) is 10.1. The van der Waals surface area contributed by atoms with E-state index in [0.717, 1.165) is 51.4 Å². The van der Waals surface area contributed by atoms with Gasteiger partial charge >= 0.3 is 0 Å². The lowest BCUT2D eigenvalue weighted by Crippen LogP contribution is -2.26. The number of pyridine rings is 1. The number of aromatic nitrogens is 7. The molecular weight excluding hydrogens is 551 g/mol. The quantitative estimate of drug-likeness (QED) is 0.273. The van der Waals surface area contributed by atoms with Gasteiger partial charge in [0.15, 0.2) is 16.6 Å². The van der Waals surface area contributed by atoms with E-state index in [1.165, 1.54) is 0 Å². The average Bonchev–Trinajstić information content (AvgIpc) is 3.34. The van der Waals surface area contributed by atoms with Crippen LogP contribution in [0.15, 0.2) is 70.2 Å². The maximum Gasteiger partial charge on any atom is 0.252 e. The van der Waals surface area contributed by atoms with Crippen LogP contribution in [0.25, 0.3) is 39.0 Å². The van der Waals surface area contributed by atoms with Gasteiger partial charge in [0, 0.05) is 40.9 Å². The van der Waals surface area contributed by atoms with Crippen molar-refractivity contribution in [2.24, 2.45) is 5.92 Å². The molecule has 0 saturated heterocycles. The third kappa shape index (κ3) is 3.53. The van der Waals surface area contributed by atoms with E-state index in [4.69, 9.17) is 32.7 Å². The Kier molecular flexibility index (Phi) is 5.01. The molecule has 0 radical (unpaired) electrons. The molecule has 2 N–H and O–H groups in total. The van der Waals surface area contributed by atoms with Crippen LogP contribution in [0.5, 0.6) is 0 Å². The van der Waals surface area contributed by atoms with Crippen LogP contribution in [0.3, 0.4) is 0 Å². The van der Waals surface area contributed by atoms with Gasteiger partial charge in [0.25, 0.3) is 5.56 Å². The number of benzene rings is 2. The number of H-pyrrole nitrogens is 1. The number of fused-ring (bicyclic) bond motifs is 4. The van der Waals surface area contributed by atoms with Crippen molar-refractivity contribution in [3.63, 3.8) is 0 Å². The average molecular weight is 571 g/mol. The molecule has 5 heterocycles. The van der Waals surface area contributed by atoms with Crippen molar-refractivity contribution in [1.29, 1.82) is 0 Å². The summed E-state index contributed by atoms with van der Waals surface area (Å²) in [5, 5.41) is 16.8. The van der Waals surface area contributed by atoms with E-state index in [9.17, 15) is 4.79 Å². The summed E-state index contributed by atoms with van der Waals surface area (Å²) >= 11 is 12.4. The lowest BCUT2D eigenvalue weighted by Gasteiger charge is -2.18. The molecule has 1 aliphatic carbocycles. The normalized spacial score (nSPS) is 19.1. The third-order valence-corrected chi connectivity index (χ3v) is 8.29. The van der Waals surface area contributed by atoms with E-state index in [1.54, 1.807) is 23.0 Å². The number of anilines is 1. The zero-order chi connectivity index (χ0) is 27.1. The van der Waals surface area contributed by atoms with Gasteiger partial charge in [-0.2, -0.15) is 0 Å². The fourth-order valence-corrected chi connectivity index (χ4v) is 6.28. The van der Waals surface area contributed by atoms with Crippen LogP contribution in [-0.4, -0.2) is 41.7 Å². The van der Waals surface area contributed by atoms with Crippen molar-refractivity contribution in [2.45, 2.75) is 18.4 Å². The molecule has 1 fully saturated rings. The fraction of sp³-hybridized carbons (Fsp3) is 0.179. The number of hydrogen-bond acceptors (Lipinski definition) is 7. The van der Waals surface area contributed by atoms with Gasteiger partial charge in [-0.25, -0.2) is 9.67 Å². The summed E-state index contributed by atoms with van der Waals surface area (Å²) in [6.07, 6.45) is 4.43. The molecule has 2 aromatic carbocycles. The Hall–Kier alpha value is -4.41. The number of hydrogen-bond donors (Lipinski definition) is 2. The van der Waals surface area contributed by atoms with E-state index >= 15 is 0 Å². The van der Waals surface area contributed by atoms with Crippen molar-refractivity contribution in [2.75, 3.05) is 12.4 Å². The molecule has 3 unspecified atom stereocenters. The number of aromatic amines is 1. The van der Waals surface area contributed by atoms with Crippen LogP contribution in [0.2, 0.25) is 10.2 Å². The Balaban J connectivity index is 1.18. The van der Waals surface area contributed by atoms with Gasteiger partial charge in [-0.15, -0.1) is 5.10 Å². The Bertz CT molecular complexity index is 2020. The Morgan fingerprint density at radius 1 is 1.10 bits per heavy atom. The van der Waals surface area contributed by atoms with Gasteiger partial charge in [-0.3, -0.25) is 4.79 Å². The minimum Gasteiger partial charge on any atom is -0.370 e. The molecule has 2 aliphatic rings. The van der Waals surface area contributed by atoms with Gasteiger partial charge in [0.2, 0.25) is 0 Å². The standard InChI is InChI=1S/C28H20Cl2N8O2/c1-31-27-16-4-2-13(7-23(16)40-35-27)20-11-32-28(33-20)26-19-10-18(19)22-6-14(8-25(39)38(22)26)17-9-15(29)3-5-21(17)37-12-24(30)34-36-37/h2-9,11-12,18-19,26H,10H2,1H3,(H,31,35)(H,32,33). The van der Waals surface area contributed by atoms with Crippen LogP contribution in [0, 0.1) is 5.92 Å².